The first kappa shape index (κ1) is 16.3. The highest BCUT2D eigenvalue weighted by atomic mass is 32.2. The number of amides is 1. The molecule has 1 amide bonds. The standard InChI is InChI=1S/C16H25N3OS/c1-15(2)8-11(17)9-16(3,10-15)14(20)19-12-5-4-6-13(7-12)21-18/h4-7,11H,8-10,17-18H2,1-3H3,(H,19,20). The van der Waals surface area contributed by atoms with E-state index < -0.39 is 5.41 Å². The molecule has 1 saturated carbocycles. The number of nitrogens with one attached hydrogen (secondary N) is 1. The van der Waals surface area contributed by atoms with Gasteiger partial charge in [-0.15, -0.1) is 0 Å². The second-order valence-electron chi connectivity index (χ2n) is 7.17. The fourth-order valence-corrected chi connectivity index (χ4v) is 4.02. The van der Waals surface area contributed by atoms with Gasteiger partial charge in [-0.1, -0.05) is 26.8 Å². The monoisotopic (exact) mass is 307 g/mol. The van der Waals surface area contributed by atoms with E-state index in [1.807, 2.05) is 31.2 Å². The van der Waals surface area contributed by atoms with E-state index in [1.54, 1.807) is 0 Å². The van der Waals surface area contributed by atoms with Gasteiger partial charge >= 0.3 is 0 Å². The minimum absolute atomic E-state index is 0.0462. The van der Waals surface area contributed by atoms with Crippen molar-refractivity contribution in [3.05, 3.63) is 24.3 Å². The minimum Gasteiger partial charge on any atom is -0.328 e. The van der Waals surface area contributed by atoms with Gasteiger partial charge in [-0.3, -0.25) is 9.93 Å². The van der Waals surface area contributed by atoms with Gasteiger partial charge in [-0.05, 0) is 54.8 Å². The van der Waals surface area contributed by atoms with Gasteiger partial charge in [0.15, 0.2) is 0 Å². The zero-order valence-electron chi connectivity index (χ0n) is 13.0. The summed E-state index contributed by atoms with van der Waals surface area (Å²) >= 11 is 1.17. The zero-order valence-corrected chi connectivity index (χ0v) is 13.8. The summed E-state index contributed by atoms with van der Waals surface area (Å²) in [5.74, 6) is 0.0462. The van der Waals surface area contributed by atoms with E-state index in [4.69, 9.17) is 10.9 Å². The van der Waals surface area contributed by atoms with Crippen LogP contribution in [0.3, 0.4) is 0 Å². The van der Waals surface area contributed by atoms with Crippen molar-refractivity contribution in [3.63, 3.8) is 0 Å². The quantitative estimate of drug-likeness (QED) is 0.749. The molecule has 0 saturated heterocycles. The van der Waals surface area contributed by atoms with Crippen molar-refractivity contribution in [1.29, 1.82) is 0 Å². The van der Waals surface area contributed by atoms with E-state index in [0.717, 1.165) is 29.8 Å². The number of carbonyl (C=O) groups is 1. The Labute approximate surface area is 131 Å². The maximum absolute atomic E-state index is 12.7. The van der Waals surface area contributed by atoms with Gasteiger partial charge in [-0.2, -0.15) is 0 Å². The average Bonchev–Trinajstić information content (AvgIpc) is 2.36. The largest absolute Gasteiger partial charge is 0.328 e. The first-order valence-electron chi connectivity index (χ1n) is 7.28. The fraction of sp³-hybridized carbons (Fsp3) is 0.562. The highest BCUT2D eigenvalue weighted by molar-refractivity contribution is 7.97. The summed E-state index contributed by atoms with van der Waals surface area (Å²) in [6.07, 6.45) is 2.55. The molecule has 5 heteroatoms. The van der Waals surface area contributed by atoms with Crippen molar-refractivity contribution in [2.24, 2.45) is 21.7 Å². The Morgan fingerprint density at radius 2 is 2.05 bits per heavy atom. The second kappa shape index (κ2) is 5.99. The highest BCUT2D eigenvalue weighted by Gasteiger charge is 2.44. The predicted molar refractivity (Wildman–Crippen MR) is 88.8 cm³/mol. The van der Waals surface area contributed by atoms with Crippen LogP contribution in [-0.4, -0.2) is 11.9 Å². The molecular formula is C16H25N3OS. The first-order chi connectivity index (χ1) is 9.74. The van der Waals surface area contributed by atoms with Crippen LogP contribution >= 0.6 is 11.9 Å². The maximum Gasteiger partial charge on any atom is 0.230 e. The lowest BCUT2D eigenvalue weighted by atomic mass is 9.62. The van der Waals surface area contributed by atoms with Crippen LogP contribution in [0, 0.1) is 10.8 Å². The van der Waals surface area contributed by atoms with E-state index in [2.05, 4.69) is 19.2 Å². The van der Waals surface area contributed by atoms with E-state index in [9.17, 15) is 4.79 Å². The smallest absolute Gasteiger partial charge is 0.230 e. The molecule has 0 aromatic heterocycles. The third kappa shape index (κ3) is 3.99. The first-order valence-corrected chi connectivity index (χ1v) is 8.16. The summed E-state index contributed by atoms with van der Waals surface area (Å²) in [6.45, 7) is 6.39. The minimum atomic E-state index is -0.424. The van der Waals surface area contributed by atoms with Gasteiger partial charge < -0.3 is 11.1 Å². The molecule has 1 aromatic rings. The Hall–Kier alpha value is -1.04. The van der Waals surface area contributed by atoms with E-state index in [1.165, 1.54) is 11.9 Å². The van der Waals surface area contributed by atoms with E-state index in [0.29, 0.717) is 0 Å². The molecule has 1 aromatic carbocycles. The van der Waals surface area contributed by atoms with Crippen LogP contribution in [0.15, 0.2) is 29.2 Å². The fourth-order valence-electron chi connectivity index (χ4n) is 3.66. The number of hydrogen-bond acceptors (Lipinski definition) is 4. The molecule has 2 unspecified atom stereocenters. The number of nitrogens with two attached hydrogens (primary N) is 2. The van der Waals surface area contributed by atoms with Gasteiger partial charge in [0.1, 0.15) is 0 Å². The summed E-state index contributed by atoms with van der Waals surface area (Å²) in [6, 6.07) is 7.66. The Morgan fingerprint density at radius 3 is 2.67 bits per heavy atom. The Kier molecular flexibility index (Phi) is 4.66. The lowest BCUT2D eigenvalue weighted by Gasteiger charge is -2.44. The number of hydrogen-bond donors (Lipinski definition) is 3. The molecule has 0 spiro atoms. The van der Waals surface area contributed by atoms with E-state index in [-0.39, 0.29) is 17.4 Å². The van der Waals surface area contributed by atoms with Crippen molar-refractivity contribution < 1.29 is 4.79 Å². The number of benzene rings is 1. The predicted octanol–water partition coefficient (Wildman–Crippen LogP) is 3.13. The van der Waals surface area contributed by atoms with Crippen LogP contribution in [-0.2, 0) is 4.79 Å². The Balaban J connectivity index is 2.14. The van der Waals surface area contributed by atoms with Crippen LogP contribution in [0.5, 0.6) is 0 Å². The molecule has 1 aliphatic rings. The van der Waals surface area contributed by atoms with Crippen molar-refractivity contribution in [2.45, 2.75) is 51.0 Å². The van der Waals surface area contributed by atoms with Crippen molar-refractivity contribution in [1.82, 2.24) is 0 Å². The van der Waals surface area contributed by atoms with Gasteiger partial charge in [0, 0.05) is 22.0 Å². The van der Waals surface area contributed by atoms with Gasteiger partial charge in [-0.25, -0.2) is 0 Å². The normalized spacial score (nSPS) is 28.1. The SMILES string of the molecule is CC1(C)CC(N)CC(C)(C(=O)Nc2cccc(SN)c2)C1. The third-order valence-electron chi connectivity index (χ3n) is 4.17. The van der Waals surface area contributed by atoms with Gasteiger partial charge in [0.25, 0.3) is 0 Å². The molecule has 1 fully saturated rings. The molecule has 0 aliphatic heterocycles. The molecule has 5 N–H and O–H groups in total. The molecule has 1 aliphatic carbocycles. The van der Waals surface area contributed by atoms with Gasteiger partial charge in [0.05, 0.1) is 0 Å². The molecule has 2 atom stereocenters. The Bertz CT molecular complexity index is 532. The van der Waals surface area contributed by atoms with Crippen molar-refractivity contribution in [2.75, 3.05) is 5.32 Å². The zero-order chi connectivity index (χ0) is 15.7. The van der Waals surface area contributed by atoms with Crippen LogP contribution in [0.4, 0.5) is 5.69 Å². The lowest BCUT2D eigenvalue weighted by Crippen LogP contribution is -2.48. The summed E-state index contributed by atoms with van der Waals surface area (Å²) < 4.78 is 0. The molecule has 116 valence electrons. The number of rotatable bonds is 3. The number of anilines is 1. The van der Waals surface area contributed by atoms with Crippen LogP contribution in [0.25, 0.3) is 0 Å². The maximum atomic E-state index is 12.7. The van der Waals surface area contributed by atoms with Gasteiger partial charge in [0.2, 0.25) is 5.91 Å². The molecule has 0 heterocycles. The summed E-state index contributed by atoms with van der Waals surface area (Å²) in [7, 11) is 0. The lowest BCUT2D eigenvalue weighted by molar-refractivity contribution is -0.129. The molecular weight excluding hydrogens is 282 g/mol. The summed E-state index contributed by atoms with van der Waals surface area (Å²) in [5.41, 5.74) is 6.62. The Morgan fingerprint density at radius 1 is 1.33 bits per heavy atom. The molecule has 2 rings (SSSR count). The summed E-state index contributed by atoms with van der Waals surface area (Å²) in [4.78, 5) is 13.6. The molecule has 4 nitrogen and oxygen atoms in total. The molecule has 21 heavy (non-hydrogen) atoms. The summed E-state index contributed by atoms with van der Waals surface area (Å²) in [5, 5.41) is 8.58. The van der Waals surface area contributed by atoms with Crippen molar-refractivity contribution >= 4 is 23.5 Å². The molecule has 0 bridgehead atoms. The average molecular weight is 307 g/mol. The van der Waals surface area contributed by atoms with Crippen LogP contribution in [0.1, 0.15) is 40.0 Å². The topological polar surface area (TPSA) is 81.1 Å². The second-order valence-corrected chi connectivity index (χ2v) is 7.88. The molecule has 0 radical (unpaired) electrons. The van der Waals surface area contributed by atoms with Crippen LogP contribution in [0.2, 0.25) is 0 Å². The number of carbonyl (C=O) groups excluding carboxylic acids is 1. The van der Waals surface area contributed by atoms with Crippen molar-refractivity contribution in [3.8, 4) is 0 Å². The van der Waals surface area contributed by atoms with E-state index >= 15 is 0 Å². The highest BCUT2D eigenvalue weighted by Crippen LogP contribution is 2.46. The third-order valence-corrected chi connectivity index (χ3v) is 4.70. The van der Waals surface area contributed by atoms with Crippen LogP contribution < -0.4 is 16.2 Å².